The molecular weight excluding hydrogens is 248 g/mol. The van der Waals surface area contributed by atoms with E-state index in [4.69, 9.17) is 0 Å². The van der Waals surface area contributed by atoms with Gasteiger partial charge in [-0.25, -0.2) is 0 Å². The lowest BCUT2D eigenvalue weighted by Crippen LogP contribution is -2.32. The van der Waals surface area contributed by atoms with E-state index in [-0.39, 0.29) is 5.91 Å². The minimum absolute atomic E-state index is 0.0518. The molecule has 0 atom stereocenters. The minimum atomic E-state index is 0.0518. The van der Waals surface area contributed by atoms with Crippen molar-refractivity contribution in [2.24, 2.45) is 0 Å². The SMILES string of the molecule is CCN(CCc1ccccc1)C(=O)c1ccc(C)nc1. The van der Waals surface area contributed by atoms with Gasteiger partial charge in [0.2, 0.25) is 0 Å². The zero-order valence-corrected chi connectivity index (χ0v) is 12.0. The summed E-state index contributed by atoms with van der Waals surface area (Å²) in [5, 5.41) is 0. The summed E-state index contributed by atoms with van der Waals surface area (Å²) in [7, 11) is 0. The van der Waals surface area contributed by atoms with E-state index < -0.39 is 0 Å². The highest BCUT2D eigenvalue weighted by Crippen LogP contribution is 2.07. The van der Waals surface area contributed by atoms with Gasteiger partial charge in [0.1, 0.15) is 0 Å². The molecule has 0 saturated heterocycles. The molecule has 0 aliphatic heterocycles. The van der Waals surface area contributed by atoms with Crippen LogP contribution in [0, 0.1) is 6.92 Å². The monoisotopic (exact) mass is 268 g/mol. The lowest BCUT2D eigenvalue weighted by atomic mass is 10.1. The molecule has 3 nitrogen and oxygen atoms in total. The maximum absolute atomic E-state index is 12.4. The van der Waals surface area contributed by atoms with Crippen LogP contribution in [0.5, 0.6) is 0 Å². The zero-order chi connectivity index (χ0) is 14.4. The topological polar surface area (TPSA) is 33.2 Å². The summed E-state index contributed by atoms with van der Waals surface area (Å²) in [6.45, 7) is 5.36. The number of carbonyl (C=O) groups is 1. The predicted molar refractivity (Wildman–Crippen MR) is 80.7 cm³/mol. The van der Waals surface area contributed by atoms with Gasteiger partial charge in [0, 0.05) is 25.0 Å². The highest BCUT2D eigenvalue weighted by Gasteiger charge is 2.14. The Morgan fingerprint density at radius 1 is 1.15 bits per heavy atom. The molecular formula is C17H20N2O. The molecule has 0 aliphatic carbocycles. The van der Waals surface area contributed by atoms with Crippen molar-refractivity contribution >= 4 is 5.91 Å². The smallest absolute Gasteiger partial charge is 0.255 e. The number of hydrogen-bond acceptors (Lipinski definition) is 2. The first-order chi connectivity index (χ1) is 9.70. The zero-order valence-electron chi connectivity index (χ0n) is 12.0. The average Bonchev–Trinajstić information content (AvgIpc) is 2.49. The summed E-state index contributed by atoms with van der Waals surface area (Å²) in [6.07, 6.45) is 2.53. The summed E-state index contributed by atoms with van der Waals surface area (Å²) in [5.74, 6) is 0.0518. The van der Waals surface area contributed by atoms with Crippen molar-refractivity contribution in [1.29, 1.82) is 0 Å². The standard InChI is InChI=1S/C17H20N2O/c1-3-19(12-11-15-7-5-4-6-8-15)17(20)16-10-9-14(2)18-13-16/h4-10,13H,3,11-12H2,1-2H3. The molecule has 0 N–H and O–H groups in total. The van der Waals surface area contributed by atoms with Crippen molar-refractivity contribution in [3.63, 3.8) is 0 Å². The first-order valence-corrected chi connectivity index (χ1v) is 6.96. The van der Waals surface area contributed by atoms with Gasteiger partial charge in [-0.15, -0.1) is 0 Å². The van der Waals surface area contributed by atoms with E-state index in [1.165, 1.54) is 5.56 Å². The number of benzene rings is 1. The van der Waals surface area contributed by atoms with Crippen molar-refractivity contribution in [3.05, 3.63) is 65.5 Å². The van der Waals surface area contributed by atoms with Gasteiger partial charge in [-0.05, 0) is 38.0 Å². The molecule has 1 aromatic carbocycles. The number of aromatic nitrogens is 1. The Balaban J connectivity index is 2.00. The first kappa shape index (κ1) is 14.3. The first-order valence-electron chi connectivity index (χ1n) is 6.96. The number of aryl methyl sites for hydroxylation is 1. The lowest BCUT2D eigenvalue weighted by Gasteiger charge is -2.21. The molecule has 20 heavy (non-hydrogen) atoms. The van der Waals surface area contributed by atoms with Gasteiger partial charge in [-0.1, -0.05) is 30.3 Å². The summed E-state index contributed by atoms with van der Waals surface area (Å²) < 4.78 is 0. The van der Waals surface area contributed by atoms with Gasteiger partial charge < -0.3 is 4.90 Å². The van der Waals surface area contributed by atoms with Crippen molar-refractivity contribution < 1.29 is 4.79 Å². The van der Waals surface area contributed by atoms with Gasteiger partial charge in [0.05, 0.1) is 5.56 Å². The summed E-state index contributed by atoms with van der Waals surface area (Å²) in [5.41, 5.74) is 2.83. The molecule has 0 aliphatic rings. The highest BCUT2D eigenvalue weighted by molar-refractivity contribution is 5.93. The molecule has 0 saturated carbocycles. The number of carbonyl (C=O) groups excluding carboxylic acids is 1. The fourth-order valence-corrected chi connectivity index (χ4v) is 2.09. The maximum atomic E-state index is 12.4. The summed E-state index contributed by atoms with van der Waals surface area (Å²) in [4.78, 5) is 18.4. The Morgan fingerprint density at radius 2 is 1.90 bits per heavy atom. The largest absolute Gasteiger partial charge is 0.339 e. The third-order valence-corrected chi connectivity index (χ3v) is 3.34. The van der Waals surface area contributed by atoms with Gasteiger partial charge in [0.15, 0.2) is 0 Å². The van der Waals surface area contributed by atoms with Crippen LogP contribution in [0.15, 0.2) is 48.7 Å². The molecule has 1 heterocycles. The number of rotatable bonds is 5. The molecule has 104 valence electrons. The van der Waals surface area contributed by atoms with Crippen LogP contribution in [-0.2, 0) is 6.42 Å². The van der Waals surface area contributed by atoms with E-state index in [1.54, 1.807) is 6.20 Å². The van der Waals surface area contributed by atoms with Crippen LogP contribution in [0.25, 0.3) is 0 Å². The Hall–Kier alpha value is -2.16. The normalized spacial score (nSPS) is 10.3. The minimum Gasteiger partial charge on any atom is -0.339 e. The molecule has 1 aromatic heterocycles. The molecule has 2 aromatic rings. The van der Waals surface area contributed by atoms with Crippen molar-refractivity contribution in [1.82, 2.24) is 9.88 Å². The van der Waals surface area contributed by atoms with Crippen LogP contribution >= 0.6 is 0 Å². The van der Waals surface area contributed by atoms with Crippen molar-refractivity contribution in [2.45, 2.75) is 20.3 Å². The number of pyridine rings is 1. The fraction of sp³-hybridized carbons (Fsp3) is 0.294. The molecule has 0 fully saturated rings. The third kappa shape index (κ3) is 3.67. The maximum Gasteiger partial charge on any atom is 0.255 e. The van der Waals surface area contributed by atoms with Crippen LogP contribution < -0.4 is 0 Å². The molecule has 1 amide bonds. The lowest BCUT2D eigenvalue weighted by molar-refractivity contribution is 0.0766. The Kier molecular flexibility index (Phi) is 4.88. The second-order valence-corrected chi connectivity index (χ2v) is 4.81. The van der Waals surface area contributed by atoms with Crippen molar-refractivity contribution in [2.75, 3.05) is 13.1 Å². The predicted octanol–water partition coefficient (Wildman–Crippen LogP) is 3.09. The van der Waals surface area contributed by atoms with Crippen LogP contribution in [-0.4, -0.2) is 28.9 Å². The number of nitrogens with zero attached hydrogens (tertiary/aromatic N) is 2. The van der Waals surface area contributed by atoms with E-state index in [1.807, 2.05) is 49.1 Å². The molecule has 2 rings (SSSR count). The fourth-order valence-electron chi connectivity index (χ4n) is 2.09. The van der Waals surface area contributed by atoms with Gasteiger partial charge >= 0.3 is 0 Å². The van der Waals surface area contributed by atoms with E-state index in [0.29, 0.717) is 12.1 Å². The molecule has 0 spiro atoms. The molecule has 0 bridgehead atoms. The molecule has 0 unspecified atom stereocenters. The van der Waals surface area contributed by atoms with Crippen molar-refractivity contribution in [3.8, 4) is 0 Å². The van der Waals surface area contributed by atoms with Crippen LogP contribution in [0.4, 0.5) is 0 Å². The van der Waals surface area contributed by atoms with Gasteiger partial charge in [-0.3, -0.25) is 9.78 Å². The molecule has 0 radical (unpaired) electrons. The molecule has 3 heteroatoms. The van der Waals surface area contributed by atoms with Crippen LogP contribution in [0.1, 0.15) is 28.5 Å². The van der Waals surface area contributed by atoms with E-state index >= 15 is 0 Å². The second-order valence-electron chi connectivity index (χ2n) is 4.81. The number of amides is 1. The second kappa shape index (κ2) is 6.85. The van der Waals surface area contributed by atoms with Crippen LogP contribution in [0.2, 0.25) is 0 Å². The average molecular weight is 268 g/mol. The quantitative estimate of drug-likeness (QED) is 0.835. The van der Waals surface area contributed by atoms with Gasteiger partial charge in [0.25, 0.3) is 5.91 Å². The van der Waals surface area contributed by atoms with E-state index in [0.717, 1.165) is 18.7 Å². The summed E-state index contributed by atoms with van der Waals surface area (Å²) in [6, 6.07) is 13.9. The van der Waals surface area contributed by atoms with Gasteiger partial charge in [-0.2, -0.15) is 0 Å². The van der Waals surface area contributed by atoms with E-state index in [2.05, 4.69) is 17.1 Å². The highest BCUT2D eigenvalue weighted by atomic mass is 16.2. The Labute approximate surface area is 120 Å². The Morgan fingerprint density at radius 3 is 2.50 bits per heavy atom. The number of likely N-dealkylation sites (N-methyl/N-ethyl adjacent to an activating group) is 1. The third-order valence-electron chi connectivity index (χ3n) is 3.34. The van der Waals surface area contributed by atoms with E-state index in [9.17, 15) is 4.79 Å². The number of hydrogen-bond donors (Lipinski definition) is 0. The Bertz CT molecular complexity index is 549. The van der Waals surface area contributed by atoms with Crippen LogP contribution in [0.3, 0.4) is 0 Å². The summed E-state index contributed by atoms with van der Waals surface area (Å²) >= 11 is 0.